The number of rotatable bonds is 10. The zero-order valence-corrected chi connectivity index (χ0v) is 11.4. The van der Waals surface area contributed by atoms with Crippen molar-refractivity contribution in [3.05, 3.63) is 12.2 Å². The molecule has 1 aliphatic carbocycles. The van der Waals surface area contributed by atoms with Crippen LogP contribution in [-0.2, 0) is 14.2 Å². The molecule has 1 unspecified atom stereocenters. The molecule has 0 aromatic heterocycles. The first-order valence-corrected chi connectivity index (χ1v) is 6.77. The summed E-state index contributed by atoms with van der Waals surface area (Å²) in [4.78, 5) is 0. The minimum absolute atomic E-state index is 0.211. The van der Waals surface area contributed by atoms with Crippen molar-refractivity contribution in [3.63, 3.8) is 0 Å². The molecule has 1 rings (SSSR count). The summed E-state index contributed by atoms with van der Waals surface area (Å²) in [7, 11) is 0. The molecule has 1 aliphatic rings. The highest BCUT2D eigenvalue weighted by atomic mass is 16.7. The molecule has 1 atom stereocenters. The number of ether oxygens (including phenoxy) is 3. The Labute approximate surface area is 105 Å². The van der Waals surface area contributed by atoms with Crippen LogP contribution in [0.3, 0.4) is 0 Å². The first-order chi connectivity index (χ1) is 8.31. The minimum Gasteiger partial charge on any atom is -0.372 e. The van der Waals surface area contributed by atoms with Gasteiger partial charge in [-0.3, -0.25) is 0 Å². The van der Waals surface area contributed by atoms with Gasteiger partial charge in [-0.2, -0.15) is 0 Å². The topological polar surface area (TPSA) is 27.7 Å². The summed E-state index contributed by atoms with van der Waals surface area (Å²) in [5, 5.41) is 0. The molecule has 0 N–H and O–H groups in total. The van der Waals surface area contributed by atoms with Gasteiger partial charge in [-0.25, -0.2) is 0 Å². The van der Waals surface area contributed by atoms with E-state index in [-0.39, 0.29) is 6.29 Å². The summed E-state index contributed by atoms with van der Waals surface area (Å²) in [6, 6.07) is 0. The Kier molecular flexibility index (Phi) is 7.49. The minimum atomic E-state index is -0.211. The molecule has 3 heteroatoms. The molecular formula is C14H26O3. The Morgan fingerprint density at radius 1 is 1.12 bits per heavy atom. The molecule has 0 saturated heterocycles. The Morgan fingerprint density at radius 2 is 1.76 bits per heavy atom. The van der Waals surface area contributed by atoms with Crippen LogP contribution < -0.4 is 0 Å². The van der Waals surface area contributed by atoms with Crippen LogP contribution in [0.2, 0.25) is 0 Å². The monoisotopic (exact) mass is 242 g/mol. The van der Waals surface area contributed by atoms with E-state index in [9.17, 15) is 0 Å². The highest BCUT2D eigenvalue weighted by Crippen LogP contribution is 2.36. The van der Waals surface area contributed by atoms with Crippen LogP contribution in [0.25, 0.3) is 0 Å². The van der Waals surface area contributed by atoms with Gasteiger partial charge in [0.15, 0.2) is 6.29 Å². The lowest BCUT2D eigenvalue weighted by molar-refractivity contribution is -0.177. The SMILES string of the molecule is CC=CCC(OCC(OCC)OCC)C1CC1. The zero-order chi connectivity index (χ0) is 12.5. The van der Waals surface area contributed by atoms with Gasteiger partial charge in [-0.15, -0.1) is 0 Å². The maximum absolute atomic E-state index is 5.93. The molecule has 0 aromatic rings. The average Bonchev–Trinajstić information content (AvgIpc) is 3.14. The van der Waals surface area contributed by atoms with Crippen LogP contribution >= 0.6 is 0 Å². The van der Waals surface area contributed by atoms with Gasteiger partial charge in [0.1, 0.15) is 0 Å². The second-order valence-electron chi connectivity index (χ2n) is 4.35. The largest absolute Gasteiger partial charge is 0.372 e. The molecule has 0 aliphatic heterocycles. The van der Waals surface area contributed by atoms with E-state index < -0.39 is 0 Å². The van der Waals surface area contributed by atoms with E-state index in [1.54, 1.807) is 0 Å². The van der Waals surface area contributed by atoms with Crippen LogP contribution in [0.4, 0.5) is 0 Å². The van der Waals surface area contributed by atoms with Crippen LogP contribution in [0.15, 0.2) is 12.2 Å². The van der Waals surface area contributed by atoms with Gasteiger partial charge in [0.2, 0.25) is 0 Å². The van der Waals surface area contributed by atoms with Crippen LogP contribution in [-0.4, -0.2) is 32.2 Å². The molecular weight excluding hydrogens is 216 g/mol. The van der Waals surface area contributed by atoms with E-state index in [0.29, 0.717) is 25.9 Å². The molecule has 100 valence electrons. The van der Waals surface area contributed by atoms with Gasteiger partial charge < -0.3 is 14.2 Å². The quantitative estimate of drug-likeness (QED) is 0.435. The van der Waals surface area contributed by atoms with Gasteiger partial charge in [-0.1, -0.05) is 12.2 Å². The Hall–Kier alpha value is -0.380. The second-order valence-corrected chi connectivity index (χ2v) is 4.35. The summed E-state index contributed by atoms with van der Waals surface area (Å²) in [6.45, 7) is 7.87. The summed E-state index contributed by atoms with van der Waals surface area (Å²) in [6.07, 6.45) is 8.01. The van der Waals surface area contributed by atoms with E-state index in [1.807, 2.05) is 20.8 Å². The fourth-order valence-electron chi connectivity index (χ4n) is 1.85. The van der Waals surface area contributed by atoms with Gasteiger partial charge in [0.05, 0.1) is 12.7 Å². The van der Waals surface area contributed by atoms with Crippen molar-refractivity contribution in [2.45, 2.75) is 52.4 Å². The predicted octanol–water partition coefficient (Wildman–Crippen LogP) is 3.15. The first kappa shape index (κ1) is 14.7. The third-order valence-corrected chi connectivity index (χ3v) is 2.90. The van der Waals surface area contributed by atoms with Crippen LogP contribution in [0.5, 0.6) is 0 Å². The standard InChI is InChI=1S/C14H26O3/c1-4-7-8-13(12-9-10-12)17-11-14(15-5-2)16-6-3/h4,7,12-14H,5-6,8-11H2,1-3H3. The molecule has 0 bridgehead atoms. The number of hydrogen-bond acceptors (Lipinski definition) is 3. The van der Waals surface area contributed by atoms with Crippen LogP contribution in [0.1, 0.15) is 40.0 Å². The maximum atomic E-state index is 5.93. The van der Waals surface area contributed by atoms with E-state index >= 15 is 0 Å². The van der Waals surface area contributed by atoms with Crippen LogP contribution in [0, 0.1) is 5.92 Å². The fraction of sp³-hybridized carbons (Fsp3) is 0.857. The third kappa shape index (κ3) is 6.20. The van der Waals surface area contributed by atoms with Crippen molar-refractivity contribution >= 4 is 0 Å². The van der Waals surface area contributed by atoms with E-state index in [2.05, 4.69) is 12.2 Å². The molecule has 3 nitrogen and oxygen atoms in total. The molecule has 0 radical (unpaired) electrons. The molecule has 0 aromatic carbocycles. The smallest absolute Gasteiger partial charge is 0.180 e. The number of allylic oxidation sites excluding steroid dienone is 1. The third-order valence-electron chi connectivity index (χ3n) is 2.90. The molecule has 0 amide bonds. The van der Waals surface area contributed by atoms with Crippen molar-refractivity contribution in [2.75, 3.05) is 19.8 Å². The van der Waals surface area contributed by atoms with Crippen molar-refractivity contribution in [3.8, 4) is 0 Å². The molecule has 17 heavy (non-hydrogen) atoms. The fourth-order valence-corrected chi connectivity index (χ4v) is 1.85. The lowest BCUT2D eigenvalue weighted by Gasteiger charge is -2.21. The van der Waals surface area contributed by atoms with E-state index in [4.69, 9.17) is 14.2 Å². The highest BCUT2D eigenvalue weighted by molar-refractivity contribution is 4.89. The summed E-state index contributed by atoms with van der Waals surface area (Å²) in [5.41, 5.74) is 0. The highest BCUT2D eigenvalue weighted by Gasteiger charge is 2.31. The molecule has 0 heterocycles. The number of hydrogen-bond donors (Lipinski definition) is 0. The Morgan fingerprint density at radius 3 is 2.24 bits per heavy atom. The van der Waals surface area contributed by atoms with Crippen molar-refractivity contribution in [1.29, 1.82) is 0 Å². The summed E-state index contributed by atoms with van der Waals surface area (Å²) < 4.78 is 16.9. The summed E-state index contributed by atoms with van der Waals surface area (Å²) >= 11 is 0. The van der Waals surface area contributed by atoms with E-state index in [0.717, 1.165) is 12.3 Å². The maximum Gasteiger partial charge on any atom is 0.180 e. The lowest BCUT2D eigenvalue weighted by atomic mass is 10.1. The Bertz CT molecular complexity index is 206. The van der Waals surface area contributed by atoms with Crippen molar-refractivity contribution < 1.29 is 14.2 Å². The summed E-state index contributed by atoms with van der Waals surface area (Å²) in [5.74, 6) is 0.745. The molecule has 1 saturated carbocycles. The zero-order valence-electron chi connectivity index (χ0n) is 11.4. The Balaban J connectivity index is 2.27. The van der Waals surface area contributed by atoms with Crippen molar-refractivity contribution in [2.24, 2.45) is 5.92 Å². The normalized spacial score (nSPS) is 18.1. The first-order valence-electron chi connectivity index (χ1n) is 6.77. The molecule has 0 spiro atoms. The second kappa shape index (κ2) is 8.67. The predicted molar refractivity (Wildman–Crippen MR) is 68.9 cm³/mol. The van der Waals surface area contributed by atoms with Gasteiger partial charge in [0, 0.05) is 13.2 Å². The van der Waals surface area contributed by atoms with Crippen molar-refractivity contribution in [1.82, 2.24) is 0 Å². The van der Waals surface area contributed by atoms with Gasteiger partial charge in [-0.05, 0) is 46.0 Å². The van der Waals surface area contributed by atoms with Gasteiger partial charge >= 0.3 is 0 Å². The molecule has 1 fully saturated rings. The van der Waals surface area contributed by atoms with Gasteiger partial charge in [0.25, 0.3) is 0 Å². The van der Waals surface area contributed by atoms with E-state index in [1.165, 1.54) is 12.8 Å². The average molecular weight is 242 g/mol. The lowest BCUT2D eigenvalue weighted by Crippen LogP contribution is -2.27.